The Morgan fingerprint density at radius 3 is 2.39 bits per heavy atom. The fraction of sp³-hybridized carbons (Fsp3) is 0.571. The van der Waals surface area contributed by atoms with Gasteiger partial charge in [0.05, 0.1) is 13.2 Å². The first-order valence-electron chi connectivity index (χ1n) is 6.26. The second-order valence-corrected chi connectivity index (χ2v) is 3.97. The SMILES string of the molecule is COCCCCOCc1ccc(OCCO)cc1. The zero-order valence-electron chi connectivity index (χ0n) is 10.9. The molecule has 1 rings (SSSR count). The van der Waals surface area contributed by atoms with Crippen molar-refractivity contribution in [3.8, 4) is 5.75 Å². The molecular weight excluding hydrogens is 232 g/mol. The maximum absolute atomic E-state index is 8.63. The van der Waals surface area contributed by atoms with Crippen LogP contribution in [0.1, 0.15) is 18.4 Å². The second kappa shape index (κ2) is 9.88. The molecule has 102 valence electrons. The van der Waals surface area contributed by atoms with Gasteiger partial charge in [-0.3, -0.25) is 0 Å². The smallest absolute Gasteiger partial charge is 0.119 e. The zero-order chi connectivity index (χ0) is 13.1. The van der Waals surface area contributed by atoms with E-state index in [1.165, 1.54) is 0 Å². The molecule has 1 aromatic rings. The van der Waals surface area contributed by atoms with Crippen LogP contribution in [0.4, 0.5) is 0 Å². The van der Waals surface area contributed by atoms with Crippen molar-refractivity contribution in [2.75, 3.05) is 33.5 Å². The lowest BCUT2D eigenvalue weighted by atomic mass is 10.2. The predicted octanol–water partition coefficient (Wildman–Crippen LogP) is 2.00. The van der Waals surface area contributed by atoms with Crippen LogP contribution in [0.2, 0.25) is 0 Å². The Morgan fingerprint density at radius 1 is 1.00 bits per heavy atom. The summed E-state index contributed by atoms with van der Waals surface area (Å²) in [6.07, 6.45) is 2.05. The van der Waals surface area contributed by atoms with Gasteiger partial charge in [-0.2, -0.15) is 0 Å². The number of benzene rings is 1. The molecule has 0 fully saturated rings. The van der Waals surface area contributed by atoms with Crippen LogP contribution in [0, 0.1) is 0 Å². The van der Waals surface area contributed by atoms with Crippen LogP contribution >= 0.6 is 0 Å². The first kappa shape index (κ1) is 15.0. The van der Waals surface area contributed by atoms with Crippen molar-refractivity contribution in [1.29, 1.82) is 0 Å². The van der Waals surface area contributed by atoms with Crippen LogP contribution in [0.5, 0.6) is 5.75 Å². The van der Waals surface area contributed by atoms with Gasteiger partial charge in [0, 0.05) is 20.3 Å². The lowest BCUT2D eigenvalue weighted by Gasteiger charge is -2.06. The minimum atomic E-state index is 0.0341. The van der Waals surface area contributed by atoms with Crippen LogP contribution in [-0.2, 0) is 16.1 Å². The second-order valence-electron chi connectivity index (χ2n) is 3.97. The van der Waals surface area contributed by atoms with Crippen LogP contribution in [-0.4, -0.2) is 38.6 Å². The third-order valence-corrected chi connectivity index (χ3v) is 2.44. The van der Waals surface area contributed by atoms with E-state index in [1.807, 2.05) is 24.3 Å². The average Bonchev–Trinajstić information content (AvgIpc) is 2.42. The lowest BCUT2D eigenvalue weighted by Crippen LogP contribution is -2.01. The molecule has 0 amide bonds. The van der Waals surface area contributed by atoms with Crippen molar-refractivity contribution in [2.24, 2.45) is 0 Å². The average molecular weight is 254 g/mol. The number of aliphatic hydroxyl groups is 1. The van der Waals surface area contributed by atoms with Crippen LogP contribution < -0.4 is 4.74 Å². The summed E-state index contributed by atoms with van der Waals surface area (Å²) in [7, 11) is 1.71. The summed E-state index contributed by atoms with van der Waals surface area (Å²) >= 11 is 0. The highest BCUT2D eigenvalue weighted by atomic mass is 16.5. The first-order valence-corrected chi connectivity index (χ1v) is 6.26. The van der Waals surface area contributed by atoms with Crippen molar-refractivity contribution < 1.29 is 19.3 Å². The summed E-state index contributed by atoms with van der Waals surface area (Å²) in [6.45, 7) is 2.53. The van der Waals surface area contributed by atoms with Crippen molar-refractivity contribution in [3.63, 3.8) is 0 Å². The van der Waals surface area contributed by atoms with Crippen LogP contribution in [0.3, 0.4) is 0 Å². The molecule has 18 heavy (non-hydrogen) atoms. The van der Waals surface area contributed by atoms with E-state index in [2.05, 4.69) is 0 Å². The molecule has 0 aliphatic heterocycles. The first-order chi connectivity index (χ1) is 8.86. The van der Waals surface area contributed by atoms with E-state index in [9.17, 15) is 0 Å². The molecule has 0 unspecified atom stereocenters. The van der Waals surface area contributed by atoms with E-state index in [4.69, 9.17) is 19.3 Å². The van der Waals surface area contributed by atoms with Gasteiger partial charge in [0.2, 0.25) is 0 Å². The summed E-state index contributed by atoms with van der Waals surface area (Å²) in [6, 6.07) is 7.72. The molecule has 0 heterocycles. The normalized spacial score (nSPS) is 10.6. The number of aliphatic hydroxyl groups excluding tert-OH is 1. The molecule has 1 aromatic carbocycles. The molecule has 0 saturated carbocycles. The fourth-order valence-electron chi connectivity index (χ4n) is 1.49. The molecule has 0 atom stereocenters. The number of rotatable bonds is 10. The van der Waals surface area contributed by atoms with Gasteiger partial charge in [-0.15, -0.1) is 0 Å². The van der Waals surface area contributed by atoms with E-state index in [-0.39, 0.29) is 6.61 Å². The highest BCUT2D eigenvalue weighted by Gasteiger charge is 1.96. The summed E-state index contributed by atoms with van der Waals surface area (Å²) in [4.78, 5) is 0. The Kier molecular flexibility index (Phi) is 8.21. The van der Waals surface area contributed by atoms with Gasteiger partial charge in [-0.05, 0) is 30.5 Å². The summed E-state index contributed by atoms with van der Waals surface area (Å²) < 4.78 is 15.8. The third kappa shape index (κ3) is 6.59. The maximum atomic E-state index is 8.63. The Hall–Kier alpha value is -1.10. The summed E-state index contributed by atoms with van der Waals surface area (Å²) in [5.74, 6) is 0.771. The van der Waals surface area contributed by atoms with Crippen molar-refractivity contribution in [2.45, 2.75) is 19.4 Å². The third-order valence-electron chi connectivity index (χ3n) is 2.44. The zero-order valence-corrected chi connectivity index (χ0v) is 10.9. The molecule has 0 saturated heterocycles. The van der Waals surface area contributed by atoms with E-state index >= 15 is 0 Å². The van der Waals surface area contributed by atoms with Crippen molar-refractivity contribution >= 4 is 0 Å². The minimum Gasteiger partial charge on any atom is -0.491 e. The highest BCUT2D eigenvalue weighted by molar-refractivity contribution is 5.26. The number of hydrogen-bond acceptors (Lipinski definition) is 4. The van der Waals surface area contributed by atoms with Crippen molar-refractivity contribution in [1.82, 2.24) is 0 Å². The van der Waals surface area contributed by atoms with Gasteiger partial charge >= 0.3 is 0 Å². The van der Waals surface area contributed by atoms with E-state index in [0.29, 0.717) is 13.2 Å². The van der Waals surface area contributed by atoms with E-state index < -0.39 is 0 Å². The van der Waals surface area contributed by atoms with E-state index in [0.717, 1.165) is 37.4 Å². The molecule has 0 aliphatic rings. The van der Waals surface area contributed by atoms with Gasteiger partial charge in [0.1, 0.15) is 12.4 Å². The van der Waals surface area contributed by atoms with Gasteiger partial charge < -0.3 is 19.3 Å². The molecule has 0 aliphatic carbocycles. The van der Waals surface area contributed by atoms with Gasteiger partial charge in [-0.25, -0.2) is 0 Å². The Labute approximate surface area is 108 Å². The largest absolute Gasteiger partial charge is 0.491 e. The molecular formula is C14H22O4. The van der Waals surface area contributed by atoms with E-state index in [1.54, 1.807) is 7.11 Å². The Morgan fingerprint density at radius 2 is 1.72 bits per heavy atom. The van der Waals surface area contributed by atoms with Gasteiger partial charge in [-0.1, -0.05) is 12.1 Å². The standard InChI is InChI=1S/C14H22O4/c1-16-9-2-3-10-17-12-13-4-6-14(7-5-13)18-11-8-15/h4-7,15H,2-3,8-12H2,1H3. The molecule has 0 bridgehead atoms. The molecule has 4 heteroatoms. The molecule has 4 nitrogen and oxygen atoms in total. The number of methoxy groups -OCH3 is 1. The molecule has 0 radical (unpaired) electrons. The van der Waals surface area contributed by atoms with Gasteiger partial charge in [0.15, 0.2) is 0 Å². The summed E-state index contributed by atoms with van der Waals surface area (Å²) in [5.41, 5.74) is 1.12. The molecule has 0 spiro atoms. The monoisotopic (exact) mass is 254 g/mol. The number of ether oxygens (including phenoxy) is 3. The van der Waals surface area contributed by atoms with Crippen LogP contribution in [0.15, 0.2) is 24.3 Å². The summed E-state index contributed by atoms with van der Waals surface area (Å²) in [5, 5.41) is 8.63. The van der Waals surface area contributed by atoms with Gasteiger partial charge in [0.25, 0.3) is 0 Å². The minimum absolute atomic E-state index is 0.0341. The quantitative estimate of drug-likeness (QED) is 0.649. The maximum Gasteiger partial charge on any atom is 0.119 e. The van der Waals surface area contributed by atoms with Crippen molar-refractivity contribution in [3.05, 3.63) is 29.8 Å². The highest BCUT2D eigenvalue weighted by Crippen LogP contribution is 2.12. The predicted molar refractivity (Wildman–Crippen MR) is 69.8 cm³/mol. The number of unbranched alkanes of at least 4 members (excludes halogenated alkanes) is 1. The topological polar surface area (TPSA) is 47.9 Å². The molecule has 1 N–H and O–H groups in total. The van der Waals surface area contributed by atoms with Crippen LogP contribution in [0.25, 0.3) is 0 Å². The lowest BCUT2D eigenvalue weighted by molar-refractivity contribution is 0.108. The Bertz CT molecular complexity index is 297. The molecule has 0 aromatic heterocycles. The Balaban J connectivity index is 2.14. The fourth-order valence-corrected chi connectivity index (χ4v) is 1.49. The number of hydrogen-bond donors (Lipinski definition) is 1.